The van der Waals surface area contributed by atoms with Gasteiger partial charge >= 0.3 is 0 Å². The van der Waals surface area contributed by atoms with Crippen LogP contribution in [0, 0.1) is 0 Å². The van der Waals surface area contributed by atoms with E-state index in [2.05, 4.69) is 9.59 Å². The van der Waals surface area contributed by atoms with Crippen LogP contribution >= 0.6 is 11.5 Å². The normalized spacial score (nSPS) is 9.71. The van der Waals surface area contributed by atoms with E-state index >= 15 is 0 Å². The summed E-state index contributed by atoms with van der Waals surface area (Å²) in [6.07, 6.45) is 1.64. The van der Waals surface area contributed by atoms with E-state index in [1.54, 1.807) is 18.3 Å². The Morgan fingerprint density at radius 2 is 2.21 bits per heavy atom. The van der Waals surface area contributed by atoms with Crippen molar-refractivity contribution in [3.8, 4) is 16.2 Å². The minimum Gasteiger partial charge on any atom is -0.428 e. The van der Waals surface area contributed by atoms with E-state index in [0.717, 1.165) is 10.4 Å². The summed E-state index contributed by atoms with van der Waals surface area (Å²) in [5.41, 5.74) is 0.828. The van der Waals surface area contributed by atoms with Crippen molar-refractivity contribution in [3.63, 3.8) is 0 Å². The van der Waals surface area contributed by atoms with Crippen LogP contribution in [-0.2, 0) is 4.79 Å². The van der Waals surface area contributed by atoms with Crippen molar-refractivity contribution < 1.29 is 9.53 Å². The number of para-hydroxylation sites is 1. The molecule has 1 aromatic heterocycles. The van der Waals surface area contributed by atoms with E-state index < -0.39 is 0 Å². The highest BCUT2D eigenvalue weighted by Gasteiger charge is 2.07. The number of nitrogens with zero attached hydrogens (tertiary/aromatic N) is 2. The van der Waals surface area contributed by atoms with Crippen LogP contribution in [0.3, 0.4) is 0 Å². The zero-order chi connectivity index (χ0) is 9.80. The van der Waals surface area contributed by atoms with Crippen molar-refractivity contribution in [2.45, 2.75) is 0 Å². The van der Waals surface area contributed by atoms with E-state index in [4.69, 9.17) is 4.74 Å². The molecule has 0 unspecified atom stereocenters. The molecular formula is C9H6N2O2S. The van der Waals surface area contributed by atoms with Gasteiger partial charge in [-0.25, -0.2) is 0 Å². The van der Waals surface area contributed by atoms with Gasteiger partial charge in [0, 0.05) is 5.56 Å². The molecule has 0 bridgehead atoms. The Balaban J connectivity index is 2.46. The quantitative estimate of drug-likeness (QED) is 0.718. The Morgan fingerprint density at radius 3 is 2.93 bits per heavy atom. The Hall–Kier alpha value is -1.75. The molecule has 0 amide bonds. The first-order chi connectivity index (χ1) is 6.92. The average molecular weight is 206 g/mol. The number of rotatable bonds is 3. The van der Waals surface area contributed by atoms with Crippen LogP contribution in [0.15, 0.2) is 30.5 Å². The number of carbonyl (C=O) groups excluding carboxylic acids is 1. The average Bonchev–Trinajstić information content (AvgIpc) is 2.72. The van der Waals surface area contributed by atoms with Gasteiger partial charge in [0.25, 0.3) is 6.47 Å². The molecule has 0 aliphatic carbocycles. The van der Waals surface area contributed by atoms with Crippen LogP contribution in [-0.4, -0.2) is 16.1 Å². The number of hydrogen-bond donors (Lipinski definition) is 0. The molecule has 0 aliphatic rings. The van der Waals surface area contributed by atoms with Crippen LogP contribution in [0.4, 0.5) is 0 Å². The maximum atomic E-state index is 10.2. The second-order valence-electron chi connectivity index (χ2n) is 2.49. The van der Waals surface area contributed by atoms with Crippen molar-refractivity contribution >= 4 is 18.0 Å². The lowest BCUT2D eigenvalue weighted by molar-refractivity contribution is -0.120. The summed E-state index contributed by atoms with van der Waals surface area (Å²) in [4.78, 5) is 11.1. The summed E-state index contributed by atoms with van der Waals surface area (Å²) in [7, 11) is 0. The van der Waals surface area contributed by atoms with E-state index in [1.807, 2.05) is 12.1 Å². The number of hydrogen-bond acceptors (Lipinski definition) is 5. The first-order valence-corrected chi connectivity index (χ1v) is 4.66. The van der Waals surface area contributed by atoms with Crippen LogP contribution in [0.25, 0.3) is 10.4 Å². The molecule has 0 saturated heterocycles. The van der Waals surface area contributed by atoms with Gasteiger partial charge in [-0.1, -0.05) is 16.6 Å². The fourth-order valence-corrected chi connectivity index (χ4v) is 1.65. The standard InChI is InChI=1S/C9H6N2O2S/c12-6-13-8-4-2-1-3-7(8)9-5-10-11-14-9/h1-6H. The number of carbonyl (C=O) groups is 1. The highest BCUT2D eigenvalue weighted by atomic mass is 32.1. The monoisotopic (exact) mass is 206 g/mol. The summed E-state index contributed by atoms with van der Waals surface area (Å²) in [6.45, 7) is 0.410. The lowest BCUT2D eigenvalue weighted by Crippen LogP contribution is -1.90. The predicted molar refractivity (Wildman–Crippen MR) is 52.0 cm³/mol. The summed E-state index contributed by atoms with van der Waals surface area (Å²) in [5.74, 6) is 0.522. The number of benzene rings is 1. The minimum atomic E-state index is 0.410. The van der Waals surface area contributed by atoms with Crippen molar-refractivity contribution in [2.75, 3.05) is 0 Å². The maximum absolute atomic E-state index is 10.2. The highest BCUT2D eigenvalue weighted by Crippen LogP contribution is 2.30. The van der Waals surface area contributed by atoms with E-state index in [-0.39, 0.29) is 0 Å². The molecule has 0 radical (unpaired) electrons. The Bertz CT molecular complexity index is 428. The fourth-order valence-electron chi connectivity index (χ4n) is 1.11. The van der Waals surface area contributed by atoms with Crippen LogP contribution in [0.2, 0.25) is 0 Å². The van der Waals surface area contributed by atoms with Crippen molar-refractivity contribution in [2.24, 2.45) is 0 Å². The van der Waals surface area contributed by atoms with Crippen LogP contribution in [0.1, 0.15) is 0 Å². The van der Waals surface area contributed by atoms with Crippen LogP contribution in [0.5, 0.6) is 5.75 Å². The van der Waals surface area contributed by atoms with E-state index in [0.29, 0.717) is 12.2 Å². The molecule has 5 heteroatoms. The molecule has 14 heavy (non-hydrogen) atoms. The maximum Gasteiger partial charge on any atom is 0.298 e. The van der Waals surface area contributed by atoms with Gasteiger partial charge in [0.15, 0.2) is 0 Å². The lowest BCUT2D eigenvalue weighted by atomic mass is 10.2. The van der Waals surface area contributed by atoms with E-state index in [1.165, 1.54) is 11.5 Å². The molecule has 0 atom stereocenters. The molecule has 0 aliphatic heterocycles. The second kappa shape index (κ2) is 3.97. The number of aromatic nitrogens is 2. The van der Waals surface area contributed by atoms with Gasteiger partial charge in [0.2, 0.25) is 0 Å². The molecular weight excluding hydrogens is 200 g/mol. The third kappa shape index (κ3) is 1.62. The smallest absolute Gasteiger partial charge is 0.298 e. The number of ether oxygens (including phenoxy) is 1. The van der Waals surface area contributed by atoms with Gasteiger partial charge < -0.3 is 4.74 Å². The Kier molecular flexibility index (Phi) is 2.51. The first-order valence-electron chi connectivity index (χ1n) is 3.89. The SMILES string of the molecule is O=COc1ccccc1-c1cnns1. The molecule has 1 heterocycles. The first kappa shape index (κ1) is 8.83. The molecule has 0 spiro atoms. The van der Waals surface area contributed by atoms with Gasteiger partial charge in [-0.3, -0.25) is 4.79 Å². The largest absolute Gasteiger partial charge is 0.428 e. The topological polar surface area (TPSA) is 52.1 Å². The van der Waals surface area contributed by atoms with Crippen molar-refractivity contribution in [1.82, 2.24) is 9.59 Å². The Morgan fingerprint density at radius 1 is 1.36 bits per heavy atom. The molecule has 2 aromatic rings. The van der Waals surface area contributed by atoms with Crippen molar-refractivity contribution in [1.29, 1.82) is 0 Å². The van der Waals surface area contributed by atoms with Crippen LogP contribution < -0.4 is 4.74 Å². The molecule has 2 rings (SSSR count). The third-order valence-corrected chi connectivity index (χ3v) is 2.39. The highest BCUT2D eigenvalue weighted by molar-refractivity contribution is 7.09. The molecule has 4 nitrogen and oxygen atoms in total. The zero-order valence-electron chi connectivity index (χ0n) is 7.08. The summed E-state index contributed by atoms with van der Waals surface area (Å²) in [5, 5.41) is 3.72. The van der Waals surface area contributed by atoms with E-state index in [9.17, 15) is 4.79 Å². The summed E-state index contributed by atoms with van der Waals surface area (Å²) in [6, 6.07) is 7.25. The molecule has 0 saturated carbocycles. The second-order valence-corrected chi connectivity index (χ2v) is 3.28. The molecule has 70 valence electrons. The minimum absolute atomic E-state index is 0.410. The summed E-state index contributed by atoms with van der Waals surface area (Å²) < 4.78 is 8.58. The van der Waals surface area contributed by atoms with Gasteiger partial charge in [0.1, 0.15) is 5.75 Å². The fraction of sp³-hybridized carbons (Fsp3) is 0. The molecule has 1 aromatic carbocycles. The van der Waals surface area contributed by atoms with Gasteiger partial charge in [0.05, 0.1) is 11.1 Å². The molecule has 0 fully saturated rings. The summed E-state index contributed by atoms with van der Waals surface area (Å²) >= 11 is 1.26. The predicted octanol–water partition coefficient (Wildman–Crippen LogP) is 1.74. The third-order valence-electron chi connectivity index (χ3n) is 1.69. The van der Waals surface area contributed by atoms with Gasteiger partial charge in [-0.05, 0) is 23.7 Å². The van der Waals surface area contributed by atoms with Gasteiger partial charge in [-0.2, -0.15) is 0 Å². The lowest BCUT2D eigenvalue weighted by Gasteiger charge is -2.02. The van der Waals surface area contributed by atoms with Crippen molar-refractivity contribution in [3.05, 3.63) is 30.5 Å². The van der Waals surface area contributed by atoms with Gasteiger partial charge in [-0.15, -0.1) is 5.10 Å². The molecule has 0 N–H and O–H groups in total. The Labute approximate surface area is 84.3 Å². The zero-order valence-corrected chi connectivity index (χ0v) is 7.90.